The van der Waals surface area contributed by atoms with Gasteiger partial charge in [0.1, 0.15) is 6.61 Å². The number of nitrogens with one attached hydrogen (secondary N) is 2. The maximum absolute atomic E-state index is 12.7. The fourth-order valence-corrected chi connectivity index (χ4v) is 5.82. The fourth-order valence-electron chi connectivity index (χ4n) is 4.26. The summed E-state index contributed by atoms with van der Waals surface area (Å²) >= 11 is 5.12. The van der Waals surface area contributed by atoms with Gasteiger partial charge in [0.15, 0.2) is 17.0 Å². The van der Waals surface area contributed by atoms with Crippen LogP contribution in [0.15, 0.2) is 88.2 Å². The topological polar surface area (TPSA) is 59.6 Å². The zero-order valence-corrected chi connectivity index (χ0v) is 23.7. The minimum atomic E-state index is -0.236. The average molecular weight is 590 g/mol. The predicted octanol–water partition coefficient (Wildman–Crippen LogP) is 7.74. The van der Waals surface area contributed by atoms with Crippen molar-refractivity contribution in [2.75, 3.05) is 11.9 Å². The Kier molecular flexibility index (Phi) is 8.25. The predicted molar refractivity (Wildman–Crippen MR) is 161 cm³/mol. The molecule has 2 N–H and O–H groups in total. The number of aryl methyl sites for hydroxylation is 1. The molecule has 1 atom stereocenters. The third-order valence-electron chi connectivity index (χ3n) is 6.22. The van der Waals surface area contributed by atoms with Crippen LogP contribution in [0.3, 0.4) is 0 Å². The Hall–Kier alpha value is -3.42. The summed E-state index contributed by atoms with van der Waals surface area (Å²) in [5.41, 5.74) is 3.94. The Morgan fingerprint density at radius 1 is 0.947 bits per heavy atom. The number of ether oxygens (including phenoxy) is 2. The number of carbonyl (C=O) groups is 1. The smallest absolute Gasteiger partial charge is 0.260 e. The molecule has 1 aliphatic heterocycles. The molecule has 1 amide bonds. The van der Waals surface area contributed by atoms with E-state index in [0.29, 0.717) is 29.6 Å². The molecule has 4 aromatic carbocycles. The molecule has 0 spiro atoms. The molecule has 4 aromatic rings. The van der Waals surface area contributed by atoms with Crippen molar-refractivity contribution in [1.29, 1.82) is 0 Å². The van der Waals surface area contributed by atoms with E-state index in [-0.39, 0.29) is 11.4 Å². The zero-order chi connectivity index (χ0) is 26.5. The van der Waals surface area contributed by atoms with Crippen LogP contribution in [0.1, 0.15) is 30.5 Å². The number of carbonyl (C=O) groups excluding carboxylic acids is 1. The molecule has 1 heterocycles. The lowest BCUT2D eigenvalue weighted by atomic mass is 10.1. The highest BCUT2D eigenvalue weighted by Crippen LogP contribution is 2.39. The Bertz CT molecular complexity index is 1490. The number of hydrogen-bond donors (Lipinski definition) is 2. The van der Waals surface area contributed by atoms with Crippen LogP contribution in [-0.2, 0) is 17.8 Å². The number of rotatable bonds is 9. The molecule has 0 bridgehead atoms. The summed E-state index contributed by atoms with van der Waals surface area (Å²) in [6, 6.07) is 26.7. The van der Waals surface area contributed by atoms with Gasteiger partial charge in [0.25, 0.3) is 5.91 Å². The summed E-state index contributed by atoms with van der Waals surface area (Å²) in [5, 5.41) is 8.74. The maximum atomic E-state index is 12.7. The zero-order valence-electron chi connectivity index (χ0n) is 21.3. The monoisotopic (exact) mass is 588 g/mol. The molecule has 0 saturated carbocycles. The second kappa shape index (κ2) is 12.0. The van der Waals surface area contributed by atoms with E-state index in [1.807, 2.05) is 49.4 Å². The number of amides is 1. The van der Waals surface area contributed by atoms with E-state index in [9.17, 15) is 4.79 Å². The third-order valence-corrected chi connectivity index (χ3v) is 7.83. The van der Waals surface area contributed by atoms with E-state index in [1.54, 1.807) is 0 Å². The van der Waals surface area contributed by atoms with Crippen LogP contribution in [0.4, 0.5) is 5.69 Å². The van der Waals surface area contributed by atoms with Crippen LogP contribution in [0, 0.1) is 0 Å². The number of anilines is 1. The van der Waals surface area contributed by atoms with Crippen LogP contribution in [0.5, 0.6) is 11.5 Å². The SMILES string of the molecule is CCOc1cc(/C=C2\S[C@H](Nc3ccc(CC)cc3)NC2=O)cc(Br)c1OCc1ccc2ccccc2c1. The third kappa shape index (κ3) is 6.17. The van der Waals surface area contributed by atoms with Gasteiger partial charge in [0, 0.05) is 5.69 Å². The van der Waals surface area contributed by atoms with E-state index in [1.165, 1.54) is 28.1 Å². The van der Waals surface area contributed by atoms with Crippen LogP contribution in [0.25, 0.3) is 16.8 Å². The van der Waals surface area contributed by atoms with Gasteiger partial charge >= 0.3 is 0 Å². The first-order valence-corrected chi connectivity index (χ1v) is 14.3. The molecule has 0 aliphatic carbocycles. The molecule has 5 nitrogen and oxygen atoms in total. The van der Waals surface area contributed by atoms with Gasteiger partial charge in [-0.2, -0.15) is 0 Å². The van der Waals surface area contributed by atoms with Gasteiger partial charge < -0.3 is 20.1 Å². The molecule has 38 heavy (non-hydrogen) atoms. The van der Waals surface area contributed by atoms with Crippen LogP contribution < -0.4 is 20.1 Å². The van der Waals surface area contributed by atoms with Gasteiger partial charge in [-0.25, -0.2) is 0 Å². The standard InChI is InChI=1S/C31H29BrN2O3S/c1-3-20-10-13-25(14-11-20)33-31-34-30(35)28(38-31)18-22-16-26(32)29(27(17-22)36-4-2)37-19-21-9-12-23-7-5-6-8-24(23)15-21/h5-18,31,33H,3-4,19H2,1-2H3,(H,34,35)/b28-18-/t31-/m1/s1. The van der Waals surface area contributed by atoms with Crippen LogP contribution in [-0.4, -0.2) is 18.0 Å². The fraction of sp³-hybridized carbons (Fsp3) is 0.194. The first-order valence-electron chi connectivity index (χ1n) is 12.6. The summed E-state index contributed by atoms with van der Waals surface area (Å²) in [7, 11) is 0. The van der Waals surface area contributed by atoms with E-state index < -0.39 is 0 Å². The summed E-state index contributed by atoms with van der Waals surface area (Å²) in [4.78, 5) is 13.3. The lowest BCUT2D eigenvalue weighted by Gasteiger charge is -2.15. The minimum Gasteiger partial charge on any atom is -0.490 e. The summed E-state index contributed by atoms with van der Waals surface area (Å²) in [6.07, 6.45) is 2.87. The molecular formula is C31H29BrN2O3S. The van der Waals surface area contributed by atoms with Crippen molar-refractivity contribution in [2.24, 2.45) is 0 Å². The number of fused-ring (bicyclic) bond motifs is 1. The second-order valence-electron chi connectivity index (χ2n) is 8.91. The largest absolute Gasteiger partial charge is 0.490 e. The van der Waals surface area contributed by atoms with Crippen molar-refractivity contribution in [3.05, 3.63) is 105 Å². The van der Waals surface area contributed by atoms with Crippen molar-refractivity contribution in [3.8, 4) is 11.5 Å². The summed E-state index contributed by atoms with van der Waals surface area (Å²) < 4.78 is 12.9. The Labute approximate surface area is 235 Å². The number of hydrogen-bond acceptors (Lipinski definition) is 5. The van der Waals surface area contributed by atoms with E-state index in [2.05, 4.69) is 76.0 Å². The summed E-state index contributed by atoms with van der Waals surface area (Å²) in [5.74, 6) is 1.16. The molecule has 194 valence electrons. The van der Waals surface area contributed by atoms with Gasteiger partial charge in [-0.05, 0) is 93.1 Å². The molecule has 0 aromatic heterocycles. The molecule has 1 aliphatic rings. The van der Waals surface area contributed by atoms with Gasteiger partial charge in [-0.1, -0.05) is 67.2 Å². The Balaban J connectivity index is 1.31. The van der Waals surface area contributed by atoms with Crippen molar-refractivity contribution >= 4 is 56.1 Å². The van der Waals surface area contributed by atoms with Crippen molar-refractivity contribution in [1.82, 2.24) is 5.32 Å². The molecule has 7 heteroatoms. The van der Waals surface area contributed by atoms with Gasteiger partial charge in [-0.15, -0.1) is 0 Å². The minimum absolute atomic E-state index is 0.108. The highest BCUT2D eigenvalue weighted by atomic mass is 79.9. The van der Waals surface area contributed by atoms with Gasteiger partial charge in [0.05, 0.1) is 16.0 Å². The Morgan fingerprint density at radius 2 is 1.71 bits per heavy atom. The molecule has 0 unspecified atom stereocenters. The number of benzene rings is 4. The van der Waals surface area contributed by atoms with E-state index >= 15 is 0 Å². The molecular weight excluding hydrogens is 560 g/mol. The van der Waals surface area contributed by atoms with Crippen LogP contribution in [0.2, 0.25) is 0 Å². The first kappa shape index (κ1) is 26.2. The lowest BCUT2D eigenvalue weighted by molar-refractivity contribution is -0.116. The highest BCUT2D eigenvalue weighted by Gasteiger charge is 2.27. The average Bonchev–Trinajstić information content (AvgIpc) is 3.26. The molecule has 1 saturated heterocycles. The maximum Gasteiger partial charge on any atom is 0.260 e. The second-order valence-corrected chi connectivity index (χ2v) is 10.9. The van der Waals surface area contributed by atoms with E-state index in [4.69, 9.17) is 9.47 Å². The summed E-state index contributed by atoms with van der Waals surface area (Å²) in [6.45, 7) is 4.98. The first-order chi connectivity index (χ1) is 18.5. The molecule has 0 radical (unpaired) electrons. The van der Waals surface area contributed by atoms with Crippen molar-refractivity contribution in [3.63, 3.8) is 0 Å². The number of thioether (sulfide) groups is 1. The lowest BCUT2D eigenvalue weighted by Crippen LogP contribution is -2.30. The normalized spacial score (nSPS) is 16.0. The number of halogens is 1. The quantitative estimate of drug-likeness (QED) is 0.196. The van der Waals surface area contributed by atoms with E-state index in [0.717, 1.165) is 27.7 Å². The Morgan fingerprint density at radius 3 is 2.47 bits per heavy atom. The van der Waals surface area contributed by atoms with Gasteiger partial charge in [0.2, 0.25) is 0 Å². The highest BCUT2D eigenvalue weighted by molar-refractivity contribution is 9.10. The van der Waals surface area contributed by atoms with Gasteiger partial charge in [-0.3, -0.25) is 4.79 Å². The van der Waals surface area contributed by atoms with Crippen LogP contribution >= 0.6 is 27.7 Å². The van der Waals surface area contributed by atoms with Crippen molar-refractivity contribution < 1.29 is 14.3 Å². The van der Waals surface area contributed by atoms with Crippen molar-refractivity contribution in [2.45, 2.75) is 32.4 Å². The molecule has 5 rings (SSSR count). The molecule has 1 fully saturated rings.